The van der Waals surface area contributed by atoms with Crippen molar-refractivity contribution in [2.45, 2.75) is 64.0 Å². The van der Waals surface area contributed by atoms with Gasteiger partial charge in [0.05, 0.1) is 12.0 Å². The highest BCUT2D eigenvalue weighted by molar-refractivity contribution is 5.81. The number of hydrogen-bond acceptors (Lipinski definition) is 4. The summed E-state index contributed by atoms with van der Waals surface area (Å²) < 4.78 is 5.71. The molecule has 7 heteroatoms. The molecular formula is C28H34N2O5. The van der Waals surface area contributed by atoms with Crippen molar-refractivity contribution in [1.82, 2.24) is 10.6 Å². The second-order valence-electron chi connectivity index (χ2n) is 10.3. The van der Waals surface area contributed by atoms with Crippen LogP contribution >= 0.6 is 0 Å². The summed E-state index contributed by atoms with van der Waals surface area (Å²) in [6, 6.07) is 15.9. The second kappa shape index (κ2) is 10.1. The number of rotatable bonds is 10. The Labute approximate surface area is 206 Å². The quantitative estimate of drug-likeness (QED) is 0.459. The molecular weight excluding hydrogens is 444 g/mol. The zero-order chi connectivity index (χ0) is 25.2. The van der Waals surface area contributed by atoms with Gasteiger partial charge in [0.25, 0.3) is 0 Å². The van der Waals surface area contributed by atoms with Gasteiger partial charge in [-0.25, -0.2) is 4.79 Å². The second-order valence-corrected chi connectivity index (χ2v) is 10.3. The van der Waals surface area contributed by atoms with Crippen LogP contribution in [0.4, 0.5) is 4.79 Å². The van der Waals surface area contributed by atoms with Gasteiger partial charge >= 0.3 is 12.1 Å². The summed E-state index contributed by atoms with van der Waals surface area (Å²) in [7, 11) is 0. The van der Waals surface area contributed by atoms with E-state index in [1.165, 1.54) is 0 Å². The molecule has 0 spiro atoms. The Kier molecular flexibility index (Phi) is 7.15. The maximum Gasteiger partial charge on any atom is 0.407 e. The van der Waals surface area contributed by atoms with Gasteiger partial charge in [-0.15, -0.1) is 0 Å². The van der Waals surface area contributed by atoms with Gasteiger partial charge < -0.3 is 20.5 Å². The lowest BCUT2D eigenvalue weighted by atomic mass is 9.90. The van der Waals surface area contributed by atoms with Crippen molar-refractivity contribution in [3.63, 3.8) is 0 Å². The van der Waals surface area contributed by atoms with E-state index in [1.54, 1.807) is 0 Å². The first kappa shape index (κ1) is 24.8. The molecule has 4 rings (SSSR count). The van der Waals surface area contributed by atoms with Crippen molar-refractivity contribution in [1.29, 1.82) is 0 Å². The molecule has 2 unspecified atom stereocenters. The molecule has 2 aromatic carbocycles. The molecule has 2 aromatic rings. The third kappa shape index (κ3) is 5.66. The van der Waals surface area contributed by atoms with Crippen LogP contribution in [-0.4, -0.2) is 41.3 Å². The molecule has 1 saturated carbocycles. The maximum atomic E-state index is 12.9. The summed E-state index contributed by atoms with van der Waals surface area (Å²) in [5.41, 5.74) is 3.86. The lowest BCUT2D eigenvalue weighted by Gasteiger charge is -2.31. The van der Waals surface area contributed by atoms with Crippen molar-refractivity contribution in [2.24, 2.45) is 11.8 Å². The molecule has 35 heavy (non-hydrogen) atoms. The predicted octanol–water partition coefficient (Wildman–Crippen LogP) is 4.70. The number of carboxylic acids is 1. The average Bonchev–Trinajstić information content (AvgIpc) is 3.61. The van der Waals surface area contributed by atoms with E-state index in [2.05, 4.69) is 34.9 Å². The first-order valence-electron chi connectivity index (χ1n) is 12.3. The van der Waals surface area contributed by atoms with Crippen LogP contribution in [0.15, 0.2) is 48.5 Å². The lowest BCUT2D eigenvalue weighted by molar-refractivity contribution is -0.138. The SMILES string of the molecule is CC(C)C(CC(=O)O)NC(=O)CC(C)(NC(=O)OCC1c2ccccc2-c2ccccc21)C1CC1. The minimum absolute atomic E-state index is 0.0164. The monoisotopic (exact) mass is 478 g/mol. The number of alkyl carbamates (subject to hydrolysis) is 1. The fourth-order valence-electron chi connectivity index (χ4n) is 5.11. The standard InChI is InChI=1S/C28H34N2O5/c1-17(2)24(14-26(32)33)29-25(31)15-28(3,18-12-13-18)30-27(34)35-16-23-21-10-6-4-8-19(21)20-9-5-7-11-22(20)23/h4-11,17-18,23-24H,12-16H2,1-3H3,(H,29,31)(H,30,34)(H,32,33). The normalized spacial score (nSPS) is 17.1. The molecule has 0 bridgehead atoms. The van der Waals surface area contributed by atoms with E-state index >= 15 is 0 Å². The summed E-state index contributed by atoms with van der Waals surface area (Å²) >= 11 is 0. The minimum Gasteiger partial charge on any atom is -0.481 e. The van der Waals surface area contributed by atoms with Crippen LogP contribution in [0.25, 0.3) is 11.1 Å². The van der Waals surface area contributed by atoms with E-state index in [4.69, 9.17) is 9.84 Å². The molecule has 186 valence electrons. The Hall–Kier alpha value is -3.35. The number of carboxylic acid groups (broad SMARTS) is 1. The molecule has 3 N–H and O–H groups in total. The van der Waals surface area contributed by atoms with Crippen LogP contribution in [0.3, 0.4) is 0 Å². The Morgan fingerprint density at radius 1 is 1.03 bits per heavy atom. The first-order chi connectivity index (χ1) is 16.7. The number of benzene rings is 2. The molecule has 7 nitrogen and oxygen atoms in total. The van der Waals surface area contributed by atoms with Crippen LogP contribution in [-0.2, 0) is 14.3 Å². The Morgan fingerprint density at radius 2 is 1.60 bits per heavy atom. The highest BCUT2D eigenvalue weighted by Crippen LogP contribution is 2.45. The number of nitrogens with one attached hydrogen (secondary N) is 2. The van der Waals surface area contributed by atoms with Crippen molar-refractivity contribution < 1.29 is 24.2 Å². The molecule has 0 aromatic heterocycles. The molecule has 0 radical (unpaired) electrons. The minimum atomic E-state index is -0.953. The van der Waals surface area contributed by atoms with Gasteiger partial charge in [-0.3, -0.25) is 9.59 Å². The van der Waals surface area contributed by atoms with Crippen LogP contribution < -0.4 is 10.6 Å². The first-order valence-corrected chi connectivity index (χ1v) is 12.3. The van der Waals surface area contributed by atoms with Crippen molar-refractivity contribution >= 4 is 18.0 Å². The summed E-state index contributed by atoms with van der Waals surface area (Å²) in [5, 5.41) is 15.0. The van der Waals surface area contributed by atoms with E-state index in [-0.39, 0.29) is 43.1 Å². The summed E-state index contributed by atoms with van der Waals surface area (Å²) in [5.74, 6) is -1.08. The molecule has 0 aliphatic heterocycles. The van der Waals surface area contributed by atoms with Crippen LogP contribution in [0.1, 0.15) is 63.5 Å². The molecule has 0 heterocycles. The third-order valence-electron chi connectivity index (χ3n) is 7.28. The topological polar surface area (TPSA) is 105 Å². The lowest BCUT2D eigenvalue weighted by Crippen LogP contribution is -2.52. The average molecular weight is 479 g/mol. The number of carbonyl (C=O) groups excluding carboxylic acids is 2. The summed E-state index contributed by atoms with van der Waals surface area (Å²) in [4.78, 5) is 36.9. The van der Waals surface area contributed by atoms with Crippen LogP contribution in [0, 0.1) is 11.8 Å². The zero-order valence-electron chi connectivity index (χ0n) is 20.5. The largest absolute Gasteiger partial charge is 0.481 e. The molecule has 2 amide bonds. The smallest absolute Gasteiger partial charge is 0.407 e. The number of carbonyl (C=O) groups is 3. The number of fused-ring (bicyclic) bond motifs is 3. The summed E-state index contributed by atoms with van der Waals surface area (Å²) in [6.45, 7) is 5.83. The highest BCUT2D eigenvalue weighted by atomic mass is 16.5. The van der Waals surface area contributed by atoms with Crippen LogP contribution in [0.2, 0.25) is 0 Å². The van der Waals surface area contributed by atoms with Crippen molar-refractivity contribution in [3.05, 3.63) is 59.7 Å². The van der Waals surface area contributed by atoms with Crippen LogP contribution in [0.5, 0.6) is 0 Å². The molecule has 2 aliphatic rings. The molecule has 2 atom stereocenters. The van der Waals surface area contributed by atoms with E-state index in [0.717, 1.165) is 35.1 Å². The highest BCUT2D eigenvalue weighted by Gasteiger charge is 2.45. The van der Waals surface area contributed by atoms with E-state index in [1.807, 2.05) is 45.0 Å². The van der Waals surface area contributed by atoms with Gasteiger partial charge in [-0.05, 0) is 53.9 Å². The Morgan fingerprint density at radius 3 is 2.11 bits per heavy atom. The van der Waals surface area contributed by atoms with Crippen molar-refractivity contribution in [2.75, 3.05) is 6.61 Å². The maximum absolute atomic E-state index is 12.9. The van der Waals surface area contributed by atoms with Gasteiger partial charge in [-0.2, -0.15) is 0 Å². The van der Waals surface area contributed by atoms with Crippen molar-refractivity contribution in [3.8, 4) is 11.1 Å². The van der Waals surface area contributed by atoms with Gasteiger partial charge in [-0.1, -0.05) is 62.4 Å². The fourth-order valence-corrected chi connectivity index (χ4v) is 5.11. The Bertz CT molecular complexity index is 1060. The fraction of sp³-hybridized carbons (Fsp3) is 0.464. The van der Waals surface area contributed by atoms with E-state index < -0.39 is 23.6 Å². The van der Waals surface area contributed by atoms with Gasteiger partial charge in [0.1, 0.15) is 6.61 Å². The number of amides is 2. The number of ether oxygens (including phenoxy) is 1. The summed E-state index contributed by atoms with van der Waals surface area (Å²) in [6.07, 6.45) is 1.25. The van der Waals surface area contributed by atoms with Gasteiger partial charge in [0.15, 0.2) is 0 Å². The van der Waals surface area contributed by atoms with E-state index in [0.29, 0.717) is 0 Å². The van der Waals surface area contributed by atoms with E-state index in [9.17, 15) is 14.4 Å². The predicted molar refractivity (Wildman–Crippen MR) is 133 cm³/mol. The zero-order valence-corrected chi connectivity index (χ0v) is 20.5. The molecule has 0 saturated heterocycles. The molecule has 2 aliphatic carbocycles. The molecule has 1 fully saturated rings. The number of hydrogen-bond donors (Lipinski definition) is 3. The van der Waals surface area contributed by atoms with Gasteiger partial charge in [0, 0.05) is 18.4 Å². The third-order valence-corrected chi connectivity index (χ3v) is 7.28. The Balaban J connectivity index is 1.39. The van der Waals surface area contributed by atoms with Gasteiger partial charge in [0.2, 0.25) is 5.91 Å². The number of aliphatic carboxylic acids is 1.